The number of hydrogen-bond acceptors (Lipinski definition) is 4. The lowest BCUT2D eigenvalue weighted by Crippen LogP contribution is -2.23. The molecule has 1 rings (SSSR count). The first-order valence-corrected chi connectivity index (χ1v) is 6.27. The molecule has 0 fully saturated rings. The molecule has 0 bridgehead atoms. The van der Waals surface area contributed by atoms with Crippen LogP contribution in [0.4, 0.5) is 0 Å². The van der Waals surface area contributed by atoms with Crippen molar-refractivity contribution in [2.75, 3.05) is 27.2 Å². The molecule has 1 unspecified atom stereocenters. The molecule has 0 aliphatic rings. The zero-order valence-electron chi connectivity index (χ0n) is 10.1. The van der Waals surface area contributed by atoms with Crippen LogP contribution in [0.3, 0.4) is 0 Å². The van der Waals surface area contributed by atoms with E-state index in [2.05, 4.69) is 41.6 Å². The van der Waals surface area contributed by atoms with Gasteiger partial charge in [-0.3, -0.25) is 0 Å². The third-order valence-corrected chi connectivity index (χ3v) is 3.39. The van der Waals surface area contributed by atoms with Crippen molar-refractivity contribution in [1.82, 2.24) is 15.2 Å². The van der Waals surface area contributed by atoms with Crippen LogP contribution < -0.4 is 5.32 Å². The molecule has 0 radical (unpaired) electrons. The van der Waals surface area contributed by atoms with Crippen LogP contribution in [0.1, 0.15) is 30.1 Å². The molecule has 0 aliphatic carbocycles. The van der Waals surface area contributed by atoms with E-state index in [-0.39, 0.29) is 0 Å². The highest BCUT2D eigenvalue weighted by atomic mass is 32.1. The summed E-state index contributed by atoms with van der Waals surface area (Å²) in [4.78, 5) is 6.68. The second kappa shape index (κ2) is 6.20. The number of aryl methyl sites for hydroxylation is 1. The van der Waals surface area contributed by atoms with E-state index in [4.69, 9.17) is 0 Å². The first-order chi connectivity index (χ1) is 7.09. The van der Waals surface area contributed by atoms with Gasteiger partial charge in [-0.05, 0) is 47.5 Å². The molecule has 1 aromatic rings. The number of rotatable bonds is 6. The van der Waals surface area contributed by atoms with Crippen LogP contribution in [0.2, 0.25) is 0 Å². The first-order valence-electron chi connectivity index (χ1n) is 5.39. The highest BCUT2D eigenvalue weighted by Crippen LogP contribution is 2.16. The fourth-order valence-electron chi connectivity index (χ4n) is 1.37. The van der Waals surface area contributed by atoms with Gasteiger partial charge in [-0.25, -0.2) is 4.98 Å². The van der Waals surface area contributed by atoms with Crippen molar-refractivity contribution in [3.8, 4) is 0 Å². The maximum atomic E-state index is 4.47. The Bertz CT molecular complexity index is 283. The maximum absolute atomic E-state index is 4.47. The zero-order valence-corrected chi connectivity index (χ0v) is 10.9. The molecule has 1 N–H and O–H groups in total. The van der Waals surface area contributed by atoms with Gasteiger partial charge in [0.25, 0.3) is 0 Å². The molecule has 0 saturated heterocycles. The van der Waals surface area contributed by atoms with Gasteiger partial charge in [-0.2, -0.15) is 0 Å². The van der Waals surface area contributed by atoms with Gasteiger partial charge in [0, 0.05) is 11.1 Å². The van der Waals surface area contributed by atoms with E-state index in [0.29, 0.717) is 6.04 Å². The topological polar surface area (TPSA) is 28.2 Å². The van der Waals surface area contributed by atoms with Crippen molar-refractivity contribution in [2.24, 2.45) is 0 Å². The van der Waals surface area contributed by atoms with Gasteiger partial charge < -0.3 is 10.2 Å². The minimum Gasteiger partial charge on any atom is -0.309 e. The minimum absolute atomic E-state index is 0.380. The Labute approximate surface area is 96.5 Å². The van der Waals surface area contributed by atoms with Gasteiger partial charge in [0.2, 0.25) is 0 Å². The number of aromatic nitrogens is 1. The van der Waals surface area contributed by atoms with Gasteiger partial charge in [0.1, 0.15) is 5.01 Å². The summed E-state index contributed by atoms with van der Waals surface area (Å²) in [6.07, 6.45) is 1.18. The molecule has 0 aliphatic heterocycles. The molecule has 0 saturated carbocycles. The Morgan fingerprint density at radius 3 is 2.80 bits per heavy atom. The van der Waals surface area contributed by atoms with Crippen molar-refractivity contribution in [3.63, 3.8) is 0 Å². The van der Waals surface area contributed by atoms with Crippen molar-refractivity contribution >= 4 is 11.3 Å². The van der Waals surface area contributed by atoms with Gasteiger partial charge in [-0.15, -0.1) is 11.3 Å². The van der Waals surface area contributed by atoms with Gasteiger partial charge in [0.05, 0.1) is 6.04 Å². The third-order valence-electron chi connectivity index (χ3n) is 2.24. The summed E-state index contributed by atoms with van der Waals surface area (Å²) in [5.41, 5.74) is 1.12. The predicted octanol–water partition coefficient (Wildman–Crippen LogP) is 2.05. The molecule has 1 heterocycles. The van der Waals surface area contributed by atoms with Gasteiger partial charge in [-0.1, -0.05) is 0 Å². The fraction of sp³-hybridized carbons (Fsp3) is 0.727. The Kier molecular flexibility index (Phi) is 5.22. The SMILES string of the molecule is Cc1csc(C(C)NCCCN(C)C)n1. The fourth-order valence-corrected chi connectivity index (χ4v) is 2.20. The third kappa shape index (κ3) is 4.73. The van der Waals surface area contributed by atoms with E-state index >= 15 is 0 Å². The van der Waals surface area contributed by atoms with E-state index in [1.54, 1.807) is 11.3 Å². The molecular formula is C11H21N3S. The Morgan fingerprint density at radius 1 is 1.53 bits per heavy atom. The summed E-state index contributed by atoms with van der Waals surface area (Å²) in [6, 6.07) is 0.380. The van der Waals surface area contributed by atoms with Crippen LogP contribution in [0.5, 0.6) is 0 Å². The number of nitrogens with zero attached hydrogens (tertiary/aromatic N) is 2. The highest BCUT2D eigenvalue weighted by Gasteiger charge is 2.07. The van der Waals surface area contributed by atoms with Gasteiger partial charge >= 0.3 is 0 Å². The van der Waals surface area contributed by atoms with Crippen molar-refractivity contribution in [1.29, 1.82) is 0 Å². The number of nitrogens with one attached hydrogen (secondary N) is 1. The Balaban J connectivity index is 2.21. The molecule has 4 heteroatoms. The van der Waals surface area contributed by atoms with Crippen LogP contribution in [0, 0.1) is 6.92 Å². The normalized spacial score (nSPS) is 13.4. The molecule has 86 valence electrons. The highest BCUT2D eigenvalue weighted by molar-refractivity contribution is 7.09. The average Bonchev–Trinajstić information content (AvgIpc) is 2.59. The van der Waals surface area contributed by atoms with Crippen LogP contribution in [-0.2, 0) is 0 Å². The van der Waals surface area contributed by atoms with Crippen LogP contribution in [0.15, 0.2) is 5.38 Å². The molecular weight excluding hydrogens is 206 g/mol. The lowest BCUT2D eigenvalue weighted by molar-refractivity contribution is 0.389. The second-order valence-electron chi connectivity index (χ2n) is 4.16. The number of thiazole rings is 1. The lowest BCUT2D eigenvalue weighted by Gasteiger charge is -2.13. The average molecular weight is 227 g/mol. The van der Waals surface area contributed by atoms with E-state index in [1.807, 2.05) is 6.92 Å². The summed E-state index contributed by atoms with van der Waals surface area (Å²) >= 11 is 1.74. The summed E-state index contributed by atoms with van der Waals surface area (Å²) in [5, 5.41) is 6.79. The second-order valence-corrected chi connectivity index (χ2v) is 5.05. The lowest BCUT2D eigenvalue weighted by atomic mass is 10.3. The van der Waals surface area contributed by atoms with E-state index in [0.717, 1.165) is 18.8 Å². The molecule has 15 heavy (non-hydrogen) atoms. The molecule has 1 aromatic heterocycles. The smallest absolute Gasteiger partial charge is 0.110 e. The summed E-state index contributed by atoms with van der Waals surface area (Å²) < 4.78 is 0. The van der Waals surface area contributed by atoms with E-state index < -0.39 is 0 Å². The molecule has 0 amide bonds. The molecule has 3 nitrogen and oxygen atoms in total. The Hall–Kier alpha value is -0.450. The zero-order chi connectivity index (χ0) is 11.3. The first kappa shape index (κ1) is 12.6. The largest absolute Gasteiger partial charge is 0.309 e. The van der Waals surface area contributed by atoms with Gasteiger partial charge in [0.15, 0.2) is 0 Å². The monoisotopic (exact) mass is 227 g/mol. The van der Waals surface area contributed by atoms with Crippen LogP contribution >= 0.6 is 11.3 Å². The molecule has 1 atom stereocenters. The maximum Gasteiger partial charge on any atom is 0.110 e. The minimum atomic E-state index is 0.380. The standard InChI is InChI=1S/C11H21N3S/c1-9-8-15-11(13-9)10(2)12-6-5-7-14(3)4/h8,10,12H,5-7H2,1-4H3. The summed E-state index contributed by atoms with van der Waals surface area (Å²) in [7, 11) is 4.21. The predicted molar refractivity (Wildman–Crippen MR) is 66.4 cm³/mol. The molecule has 0 spiro atoms. The number of hydrogen-bond donors (Lipinski definition) is 1. The van der Waals surface area contributed by atoms with Crippen LogP contribution in [0.25, 0.3) is 0 Å². The van der Waals surface area contributed by atoms with Crippen molar-refractivity contribution in [2.45, 2.75) is 26.3 Å². The van der Waals surface area contributed by atoms with E-state index in [9.17, 15) is 0 Å². The quantitative estimate of drug-likeness (QED) is 0.754. The Morgan fingerprint density at radius 2 is 2.27 bits per heavy atom. The van der Waals surface area contributed by atoms with Crippen LogP contribution in [-0.4, -0.2) is 37.1 Å². The summed E-state index contributed by atoms with van der Waals surface area (Å²) in [5.74, 6) is 0. The van der Waals surface area contributed by atoms with Crippen molar-refractivity contribution < 1.29 is 0 Å². The summed E-state index contributed by atoms with van der Waals surface area (Å²) in [6.45, 7) is 6.40. The van der Waals surface area contributed by atoms with E-state index in [1.165, 1.54) is 11.4 Å². The van der Waals surface area contributed by atoms with Crippen molar-refractivity contribution in [3.05, 3.63) is 16.1 Å². The molecule has 0 aromatic carbocycles.